The Morgan fingerprint density at radius 2 is 2.27 bits per heavy atom. The fraction of sp³-hybridized carbons (Fsp3) is 0.385. The Bertz CT molecular complexity index is 396. The molecule has 0 amide bonds. The third-order valence-electron chi connectivity index (χ3n) is 2.84. The smallest absolute Gasteiger partial charge is 0.0726 e. The molecule has 1 N–H and O–H groups in total. The van der Waals surface area contributed by atoms with Crippen molar-refractivity contribution in [1.82, 2.24) is 0 Å². The highest BCUT2D eigenvalue weighted by molar-refractivity contribution is 6.31. The molecule has 0 fully saturated rings. The van der Waals surface area contributed by atoms with Gasteiger partial charge >= 0.3 is 0 Å². The number of benzene rings is 1. The Labute approximate surface area is 95.4 Å². The van der Waals surface area contributed by atoms with Crippen molar-refractivity contribution in [2.45, 2.75) is 32.3 Å². The fourth-order valence-electron chi connectivity index (χ4n) is 2.00. The molecule has 1 aromatic rings. The van der Waals surface area contributed by atoms with E-state index in [1.54, 1.807) is 0 Å². The molecule has 0 saturated heterocycles. The molecule has 80 valence electrons. The first-order valence-corrected chi connectivity index (χ1v) is 5.65. The second-order valence-electron chi connectivity index (χ2n) is 4.19. The highest BCUT2D eigenvalue weighted by Gasteiger charge is 2.13. The van der Waals surface area contributed by atoms with E-state index in [0.717, 1.165) is 29.8 Å². The van der Waals surface area contributed by atoms with Crippen LogP contribution in [0.3, 0.4) is 0 Å². The van der Waals surface area contributed by atoms with Crippen LogP contribution >= 0.6 is 11.6 Å². The summed E-state index contributed by atoms with van der Waals surface area (Å²) in [5.74, 6) is 0. The quantitative estimate of drug-likeness (QED) is 0.762. The van der Waals surface area contributed by atoms with Crippen LogP contribution in [0.5, 0.6) is 0 Å². The van der Waals surface area contributed by atoms with Crippen molar-refractivity contribution in [1.29, 1.82) is 0 Å². The number of halogens is 1. The van der Waals surface area contributed by atoms with Crippen LogP contribution in [-0.2, 0) is 6.42 Å². The normalized spacial score (nSPS) is 20.5. The third-order valence-corrected chi connectivity index (χ3v) is 3.27. The van der Waals surface area contributed by atoms with Crippen molar-refractivity contribution in [2.75, 3.05) is 0 Å². The molecular weight excluding hydrogens is 208 g/mol. The van der Waals surface area contributed by atoms with E-state index in [1.807, 2.05) is 19.1 Å². The van der Waals surface area contributed by atoms with Gasteiger partial charge in [0, 0.05) is 5.02 Å². The molecule has 1 atom stereocenters. The topological polar surface area (TPSA) is 20.2 Å². The van der Waals surface area contributed by atoms with Gasteiger partial charge in [-0.15, -0.1) is 0 Å². The first-order chi connectivity index (χ1) is 7.15. The van der Waals surface area contributed by atoms with Crippen molar-refractivity contribution < 1.29 is 5.11 Å². The van der Waals surface area contributed by atoms with Gasteiger partial charge in [-0.25, -0.2) is 0 Å². The van der Waals surface area contributed by atoms with E-state index in [1.165, 1.54) is 11.1 Å². The Hall–Kier alpha value is -0.790. The second kappa shape index (κ2) is 4.38. The van der Waals surface area contributed by atoms with Crippen LogP contribution < -0.4 is 0 Å². The summed E-state index contributed by atoms with van der Waals surface area (Å²) in [6.45, 7) is 2.02. The van der Waals surface area contributed by atoms with Crippen molar-refractivity contribution in [3.05, 3.63) is 46.0 Å². The van der Waals surface area contributed by atoms with E-state index in [9.17, 15) is 5.11 Å². The second-order valence-corrected chi connectivity index (χ2v) is 4.60. The number of hydrogen-bond acceptors (Lipinski definition) is 1. The molecule has 0 bridgehead atoms. The van der Waals surface area contributed by atoms with Gasteiger partial charge in [0.05, 0.1) is 6.10 Å². The Kier molecular flexibility index (Phi) is 3.13. The molecular formula is C13H15ClO. The van der Waals surface area contributed by atoms with E-state index in [0.29, 0.717) is 0 Å². The number of aliphatic hydroxyl groups is 1. The number of hydrogen-bond donors (Lipinski definition) is 1. The van der Waals surface area contributed by atoms with Gasteiger partial charge in [-0.2, -0.15) is 0 Å². The van der Waals surface area contributed by atoms with E-state index in [-0.39, 0.29) is 6.10 Å². The molecule has 1 aliphatic rings. The first kappa shape index (κ1) is 10.7. The van der Waals surface area contributed by atoms with Crippen LogP contribution in [0.15, 0.2) is 29.8 Å². The van der Waals surface area contributed by atoms with Gasteiger partial charge < -0.3 is 5.11 Å². The van der Waals surface area contributed by atoms with Crippen LogP contribution in [-0.4, -0.2) is 11.2 Å². The van der Waals surface area contributed by atoms with Gasteiger partial charge in [0.1, 0.15) is 0 Å². The fourth-order valence-corrected chi connectivity index (χ4v) is 2.12. The van der Waals surface area contributed by atoms with Crippen molar-refractivity contribution in [2.24, 2.45) is 0 Å². The van der Waals surface area contributed by atoms with Crippen LogP contribution in [0.25, 0.3) is 0 Å². The highest BCUT2D eigenvalue weighted by Crippen LogP contribution is 2.24. The maximum atomic E-state index is 9.38. The maximum Gasteiger partial charge on any atom is 0.0726 e. The molecule has 0 heterocycles. The molecule has 1 aromatic carbocycles. The molecule has 0 aromatic heterocycles. The van der Waals surface area contributed by atoms with Crippen LogP contribution in [0.2, 0.25) is 5.02 Å². The van der Waals surface area contributed by atoms with Gasteiger partial charge in [-0.1, -0.05) is 35.4 Å². The first-order valence-electron chi connectivity index (χ1n) is 5.28. The lowest BCUT2D eigenvalue weighted by Crippen LogP contribution is -1.93. The molecule has 0 spiro atoms. The van der Waals surface area contributed by atoms with E-state index < -0.39 is 0 Å². The van der Waals surface area contributed by atoms with Gasteiger partial charge in [-0.05, 0) is 43.4 Å². The van der Waals surface area contributed by atoms with Gasteiger partial charge in [0.15, 0.2) is 0 Å². The van der Waals surface area contributed by atoms with Gasteiger partial charge in [0.25, 0.3) is 0 Å². The summed E-state index contributed by atoms with van der Waals surface area (Å²) in [6, 6.07) is 6.12. The molecule has 2 heteroatoms. The number of rotatable bonds is 2. The van der Waals surface area contributed by atoms with Crippen LogP contribution in [0.1, 0.15) is 24.0 Å². The van der Waals surface area contributed by atoms with E-state index in [2.05, 4.69) is 12.1 Å². The Morgan fingerprint density at radius 1 is 1.47 bits per heavy atom. The maximum absolute atomic E-state index is 9.38. The van der Waals surface area contributed by atoms with E-state index in [4.69, 9.17) is 11.6 Å². The van der Waals surface area contributed by atoms with Gasteiger partial charge in [-0.3, -0.25) is 0 Å². The minimum absolute atomic E-state index is 0.228. The predicted octanol–water partition coefficient (Wildman–Crippen LogP) is 3.27. The SMILES string of the molecule is Cc1cc(CC2=CC(O)CC2)ccc1Cl. The predicted molar refractivity (Wildman–Crippen MR) is 63.2 cm³/mol. The van der Waals surface area contributed by atoms with Crippen molar-refractivity contribution in [3.63, 3.8) is 0 Å². The zero-order valence-electron chi connectivity index (χ0n) is 8.83. The van der Waals surface area contributed by atoms with E-state index >= 15 is 0 Å². The Balaban J connectivity index is 2.11. The summed E-state index contributed by atoms with van der Waals surface area (Å²) in [4.78, 5) is 0. The monoisotopic (exact) mass is 222 g/mol. The molecule has 1 unspecified atom stereocenters. The molecule has 1 nitrogen and oxygen atoms in total. The zero-order valence-corrected chi connectivity index (χ0v) is 9.59. The lowest BCUT2D eigenvalue weighted by molar-refractivity contribution is 0.223. The molecule has 0 aliphatic heterocycles. The summed E-state index contributed by atoms with van der Waals surface area (Å²) in [5, 5.41) is 10.2. The number of aryl methyl sites for hydroxylation is 1. The average Bonchev–Trinajstić information content (AvgIpc) is 2.58. The minimum atomic E-state index is -0.228. The lowest BCUT2D eigenvalue weighted by Gasteiger charge is -2.04. The minimum Gasteiger partial charge on any atom is -0.389 e. The summed E-state index contributed by atoms with van der Waals surface area (Å²) < 4.78 is 0. The third kappa shape index (κ3) is 2.61. The molecule has 15 heavy (non-hydrogen) atoms. The zero-order chi connectivity index (χ0) is 10.8. The summed E-state index contributed by atoms with van der Waals surface area (Å²) in [5.41, 5.74) is 3.73. The van der Waals surface area contributed by atoms with Crippen molar-refractivity contribution in [3.8, 4) is 0 Å². The van der Waals surface area contributed by atoms with Crippen molar-refractivity contribution >= 4 is 11.6 Å². The molecule has 2 rings (SSSR count). The molecule has 1 aliphatic carbocycles. The van der Waals surface area contributed by atoms with Gasteiger partial charge in [0.2, 0.25) is 0 Å². The lowest BCUT2D eigenvalue weighted by atomic mass is 10.0. The number of allylic oxidation sites excluding steroid dienone is 1. The molecule has 0 saturated carbocycles. The highest BCUT2D eigenvalue weighted by atomic mass is 35.5. The summed E-state index contributed by atoms with van der Waals surface area (Å²) >= 11 is 5.97. The van der Waals surface area contributed by atoms with Crippen LogP contribution in [0, 0.1) is 6.92 Å². The molecule has 0 radical (unpaired) electrons. The standard InChI is InChI=1S/C13H15ClO/c1-9-6-10(3-5-13(9)14)7-11-2-4-12(15)8-11/h3,5-6,8,12,15H,2,4,7H2,1H3. The largest absolute Gasteiger partial charge is 0.389 e. The summed E-state index contributed by atoms with van der Waals surface area (Å²) in [7, 11) is 0. The number of aliphatic hydroxyl groups excluding tert-OH is 1. The summed E-state index contributed by atoms with van der Waals surface area (Å²) in [6.07, 6.45) is 4.58. The Morgan fingerprint density at radius 3 is 2.87 bits per heavy atom. The van der Waals surface area contributed by atoms with Crippen LogP contribution in [0.4, 0.5) is 0 Å². The average molecular weight is 223 g/mol.